The molecule has 0 amide bonds. The quantitative estimate of drug-likeness (QED) is 0.666. The highest BCUT2D eigenvalue weighted by Crippen LogP contribution is 1.86. The van der Waals surface area contributed by atoms with Crippen molar-refractivity contribution in [3.63, 3.8) is 0 Å². The SMILES string of the molecule is CC.Cc1ccon1.Cc1ncccn1. The van der Waals surface area contributed by atoms with Crippen molar-refractivity contribution >= 4 is 0 Å². The lowest BCUT2D eigenvalue weighted by atomic mass is 10.5. The molecular weight excluding hydrogens is 190 g/mol. The summed E-state index contributed by atoms with van der Waals surface area (Å²) in [7, 11) is 0. The van der Waals surface area contributed by atoms with E-state index >= 15 is 0 Å². The van der Waals surface area contributed by atoms with Crippen LogP contribution in [0.4, 0.5) is 0 Å². The Labute approximate surface area is 90.4 Å². The van der Waals surface area contributed by atoms with Gasteiger partial charge in [0.1, 0.15) is 12.1 Å². The van der Waals surface area contributed by atoms with Crippen LogP contribution < -0.4 is 0 Å². The Morgan fingerprint density at radius 3 is 1.87 bits per heavy atom. The van der Waals surface area contributed by atoms with E-state index in [9.17, 15) is 0 Å². The van der Waals surface area contributed by atoms with E-state index in [1.165, 1.54) is 0 Å². The van der Waals surface area contributed by atoms with Gasteiger partial charge in [0.15, 0.2) is 0 Å². The molecule has 2 heterocycles. The summed E-state index contributed by atoms with van der Waals surface area (Å²) in [6, 6.07) is 3.60. The third-order valence-corrected chi connectivity index (χ3v) is 1.26. The molecule has 15 heavy (non-hydrogen) atoms. The van der Waals surface area contributed by atoms with Crippen LogP contribution in [0, 0.1) is 13.8 Å². The summed E-state index contributed by atoms with van der Waals surface area (Å²) in [6.07, 6.45) is 5.00. The van der Waals surface area contributed by atoms with Crippen molar-refractivity contribution in [3.8, 4) is 0 Å². The van der Waals surface area contributed by atoms with Crippen molar-refractivity contribution in [3.05, 3.63) is 42.3 Å². The van der Waals surface area contributed by atoms with Gasteiger partial charge in [-0.05, 0) is 19.9 Å². The van der Waals surface area contributed by atoms with E-state index < -0.39 is 0 Å². The fraction of sp³-hybridized carbons (Fsp3) is 0.364. The van der Waals surface area contributed by atoms with Gasteiger partial charge in [0.05, 0.1) is 5.69 Å². The van der Waals surface area contributed by atoms with Crippen molar-refractivity contribution in [2.75, 3.05) is 0 Å². The van der Waals surface area contributed by atoms with Gasteiger partial charge in [-0.3, -0.25) is 0 Å². The largest absolute Gasteiger partial charge is 0.365 e. The van der Waals surface area contributed by atoms with E-state index in [0.717, 1.165) is 11.5 Å². The van der Waals surface area contributed by atoms with Crippen LogP contribution in [0.5, 0.6) is 0 Å². The molecule has 0 aliphatic heterocycles. The van der Waals surface area contributed by atoms with Crippen LogP contribution in [-0.4, -0.2) is 15.1 Å². The van der Waals surface area contributed by atoms with Crippen molar-refractivity contribution in [1.82, 2.24) is 15.1 Å². The fourth-order valence-electron chi connectivity index (χ4n) is 0.647. The Hall–Kier alpha value is -1.71. The first-order valence-corrected chi connectivity index (χ1v) is 4.89. The molecule has 2 rings (SSSR count). The summed E-state index contributed by atoms with van der Waals surface area (Å²) in [5.41, 5.74) is 0.926. The zero-order chi connectivity index (χ0) is 11.5. The number of rotatable bonds is 0. The summed E-state index contributed by atoms with van der Waals surface area (Å²) in [5, 5.41) is 3.54. The van der Waals surface area contributed by atoms with Crippen LogP contribution in [0.3, 0.4) is 0 Å². The van der Waals surface area contributed by atoms with Crippen molar-refractivity contribution in [2.45, 2.75) is 27.7 Å². The van der Waals surface area contributed by atoms with Gasteiger partial charge in [0.2, 0.25) is 0 Å². The monoisotopic (exact) mass is 207 g/mol. The molecule has 4 heteroatoms. The van der Waals surface area contributed by atoms with Gasteiger partial charge in [-0.15, -0.1) is 0 Å². The van der Waals surface area contributed by atoms with Crippen molar-refractivity contribution < 1.29 is 4.52 Å². The van der Waals surface area contributed by atoms with E-state index in [2.05, 4.69) is 19.6 Å². The molecule has 0 atom stereocenters. The molecule has 82 valence electrons. The maximum atomic E-state index is 4.46. The topological polar surface area (TPSA) is 51.8 Å². The number of nitrogens with zero attached hydrogens (tertiary/aromatic N) is 3. The van der Waals surface area contributed by atoms with E-state index in [4.69, 9.17) is 0 Å². The molecule has 0 saturated heterocycles. The Balaban J connectivity index is 0.000000227. The van der Waals surface area contributed by atoms with E-state index in [-0.39, 0.29) is 0 Å². The Kier molecular flexibility index (Phi) is 7.86. The molecule has 2 aromatic rings. The first-order chi connectivity index (χ1) is 7.29. The minimum atomic E-state index is 0.822. The zero-order valence-corrected chi connectivity index (χ0v) is 9.64. The van der Waals surface area contributed by atoms with Crippen LogP contribution in [0.1, 0.15) is 25.4 Å². The maximum Gasteiger partial charge on any atom is 0.125 e. The summed E-state index contributed by atoms with van der Waals surface area (Å²) in [6.45, 7) is 7.74. The highest BCUT2D eigenvalue weighted by molar-refractivity contribution is 4.89. The first kappa shape index (κ1) is 13.3. The van der Waals surface area contributed by atoms with Crippen LogP contribution in [0.25, 0.3) is 0 Å². The molecule has 0 aromatic carbocycles. The lowest BCUT2D eigenvalue weighted by molar-refractivity contribution is 0.415. The number of hydrogen-bond donors (Lipinski definition) is 0. The predicted octanol–water partition coefficient (Wildman–Crippen LogP) is 2.79. The van der Waals surface area contributed by atoms with Crippen LogP contribution in [0.2, 0.25) is 0 Å². The van der Waals surface area contributed by atoms with Crippen LogP contribution in [0.15, 0.2) is 35.3 Å². The average molecular weight is 207 g/mol. The molecular formula is C11H17N3O. The molecule has 0 saturated carbocycles. The lowest BCUT2D eigenvalue weighted by Crippen LogP contribution is -1.80. The maximum absolute atomic E-state index is 4.46. The van der Waals surface area contributed by atoms with Gasteiger partial charge in [0, 0.05) is 18.5 Å². The van der Waals surface area contributed by atoms with E-state index in [1.54, 1.807) is 30.8 Å². The molecule has 4 nitrogen and oxygen atoms in total. The fourth-order valence-corrected chi connectivity index (χ4v) is 0.647. The first-order valence-electron chi connectivity index (χ1n) is 4.89. The smallest absolute Gasteiger partial charge is 0.125 e. The van der Waals surface area contributed by atoms with Crippen LogP contribution in [-0.2, 0) is 0 Å². The predicted molar refractivity (Wildman–Crippen MR) is 59.4 cm³/mol. The summed E-state index contributed by atoms with van der Waals surface area (Å²) in [5.74, 6) is 0.822. The van der Waals surface area contributed by atoms with Gasteiger partial charge < -0.3 is 4.52 Å². The third kappa shape index (κ3) is 7.37. The van der Waals surface area contributed by atoms with Gasteiger partial charge in [-0.2, -0.15) is 0 Å². The highest BCUT2D eigenvalue weighted by Gasteiger charge is 1.78. The van der Waals surface area contributed by atoms with Crippen molar-refractivity contribution in [2.24, 2.45) is 0 Å². The van der Waals surface area contributed by atoms with Crippen LogP contribution >= 0.6 is 0 Å². The molecule has 0 unspecified atom stereocenters. The Morgan fingerprint density at radius 1 is 1.07 bits per heavy atom. The molecule has 2 aromatic heterocycles. The number of aryl methyl sites for hydroxylation is 2. The van der Waals surface area contributed by atoms with Crippen molar-refractivity contribution in [1.29, 1.82) is 0 Å². The van der Waals surface area contributed by atoms with Gasteiger partial charge in [0.25, 0.3) is 0 Å². The summed E-state index contributed by atoms with van der Waals surface area (Å²) >= 11 is 0. The number of hydrogen-bond acceptors (Lipinski definition) is 4. The van der Waals surface area contributed by atoms with E-state index in [1.807, 2.05) is 27.7 Å². The minimum absolute atomic E-state index is 0.822. The average Bonchev–Trinajstić information content (AvgIpc) is 2.74. The minimum Gasteiger partial charge on any atom is -0.365 e. The second-order valence-corrected chi connectivity index (χ2v) is 2.44. The third-order valence-electron chi connectivity index (χ3n) is 1.26. The molecule has 0 aliphatic rings. The molecule has 0 fully saturated rings. The normalized spacial score (nSPS) is 8.00. The lowest BCUT2D eigenvalue weighted by Gasteiger charge is -1.81. The van der Waals surface area contributed by atoms with E-state index in [0.29, 0.717) is 0 Å². The molecule has 0 spiro atoms. The second-order valence-electron chi connectivity index (χ2n) is 2.44. The zero-order valence-electron chi connectivity index (χ0n) is 9.64. The summed E-state index contributed by atoms with van der Waals surface area (Å²) in [4.78, 5) is 7.74. The highest BCUT2D eigenvalue weighted by atomic mass is 16.5. The second kappa shape index (κ2) is 8.87. The van der Waals surface area contributed by atoms with Gasteiger partial charge in [-0.1, -0.05) is 19.0 Å². The van der Waals surface area contributed by atoms with Gasteiger partial charge >= 0.3 is 0 Å². The Morgan fingerprint density at radius 2 is 1.67 bits per heavy atom. The number of aromatic nitrogens is 3. The standard InChI is InChI=1S/C5H6N2.C4H5NO.C2H6/c1-5-6-3-2-4-7-5;1-4-2-3-6-5-4;1-2/h2-4H,1H3;2-3H,1H3;1-2H3. The molecule has 0 bridgehead atoms. The molecule has 0 aliphatic carbocycles. The molecule has 0 N–H and O–H groups in total. The van der Waals surface area contributed by atoms with Gasteiger partial charge in [-0.25, -0.2) is 9.97 Å². The molecule has 0 radical (unpaired) electrons. The Bertz CT molecular complexity index is 319. The summed E-state index contributed by atoms with van der Waals surface area (Å²) < 4.78 is 4.46.